The van der Waals surface area contributed by atoms with Crippen molar-refractivity contribution in [2.24, 2.45) is 10.2 Å². The Morgan fingerprint density at radius 3 is 2.15 bits per heavy atom. The van der Waals surface area contributed by atoms with Crippen molar-refractivity contribution in [3.8, 4) is 0 Å². The highest BCUT2D eigenvalue weighted by Gasteiger charge is 1.96. The van der Waals surface area contributed by atoms with E-state index >= 15 is 0 Å². The van der Waals surface area contributed by atoms with Crippen molar-refractivity contribution in [1.82, 2.24) is 0 Å². The van der Waals surface area contributed by atoms with E-state index in [1.165, 1.54) is 11.6 Å². The lowest BCUT2D eigenvalue weighted by molar-refractivity contribution is 0.618. The summed E-state index contributed by atoms with van der Waals surface area (Å²) in [5.41, 5.74) is 3.61. The minimum absolute atomic E-state index is 0.229. The highest BCUT2D eigenvalue weighted by atomic mass is 19.1. The SMILES string of the molecule is CCc1ccc(C=NN=Cc2ccc(C)c(F)c2)cc1. The normalized spacial score (nSPS) is 11.6. The van der Waals surface area contributed by atoms with Crippen molar-refractivity contribution >= 4 is 12.4 Å². The third-order valence-electron chi connectivity index (χ3n) is 3.06. The molecule has 2 aromatic carbocycles. The molecule has 0 unspecified atom stereocenters. The first kappa shape index (κ1) is 14.1. The smallest absolute Gasteiger partial charge is 0.126 e. The minimum Gasteiger partial charge on any atom is -0.207 e. The highest BCUT2D eigenvalue weighted by Crippen LogP contribution is 2.07. The molecule has 0 aliphatic rings. The van der Waals surface area contributed by atoms with Crippen LogP contribution in [0.25, 0.3) is 0 Å². The largest absolute Gasteiger partial charge is 0.207 e. The molecule has 0 bridgehead atoms. The first-order valence-corrected chi connectivity index (χ1v) is 6.60. The molecule has 0 saturated carbocycles. The van der Waals surface area contributed by atoms with Crippen molar-refractivity contribution in [2.75, 3.05) is 0 Å². The summed E-state index contributed by atoms with van der Waals surface area (Å²) in [6.07, 6.45) is 4.24. The zero-order valence-electron chi connectivity index (χ0n) is 11.7. The summed E-state index contributed by atoms with van der Waals surface area (Å²) in [5.74, 6) is -0.229. The Morgan fingerprint density at radius 1 is 0.950 bits per heavy atom. The fraction of sp³-hybridized carbons (Fsp3) is 0.176. The van der Waals surface area contributed by atoms with E-state index in [-0.39, 0.29) is 5.82 Å². The van der Waals surface area contributed by atoms with Crippen LogP contribution in [0.3, 0.4) is 0 Å². The van der Waals surface area contributed by atoms with Gasteiger partial charge in [0.05, 0.1) is 12.4 Å². The van der Waals surface area contributed by atoms with Gasteiger partial charge in [-0.3, -0.25) is 0 Å². The van der Waals surface area contributed by atoms with E-state index in [0.29, 0.717) is 11.1 Å². The Balaban J connectivity index is 2.01. The lowest BCUT2D eigenvalue weighted by atomic mass is 10.1. The molecule has 0 spiro atoms. The summed E-state index contributed by atoms with van der Waals surface area (Å²) in [6.45, 7) is 3.85. The van der Waals surface area contributed by atoms with Crippen LogP contribution >= 0.6 is 0 Å². The maximum atomic E-state index is 13.3. The molecule has 0 N–H and O–H groups in total. The van der Waals surface area contributed by atoms with Gasteiger partial charge in [0.1, 0.15) is 5.82 Å². The predicted octanol–water partition coefficient (Wildman–Crippen LogP) is 4.15. The number of aryl methyl sites for hydroxylation is 2. The van der Waals surface area contributed by atoms with Crippen LogP contribution in [-0.2, 0) is 6.42 Å². The minimum atomic E-state index is -0.229. The molecule has 0 aliphatic heterocycles. The number of halogens is 1. The van der Waals surface area contributed by atoms with Crippen LogP contribution in [0.1, 0.15) is 29.2 Å². The van der Waals surface area contributed by atoms with E-state index in [0.717, 1.165) is 12.0 Å². The summed E-state index contributed by atoms with van der Waals surface area (Å²) >= 11 is 0. The highest BCUT2D eigenvalue weighted by molar-refractivity contribution is 5.82. The van der Waals surface area contributed by atoms with Gasteiger partial charge in [-0.2, -0.15) is 10.2 Å². The second-order valence-electron chi connectivity index (χ2n) is 4.59. The maximum Gasteiger partial charge on any atom is 0.126 e. The standard InChI is InChI=1S/C17H17FN2/c1-3-14-6-8-15(9-7-14)11-19-20-12-16-5-4-13(2)17(18)10-16/h4-12H,3H2,1-2H3. The van der Waals surface area contributed by atoms with E-state index in [9.17, 15) is 4.39 Å². The van der Waals surface area contributed by atoms with Gasteiger partial charge in [0.25, 0.3) is 0 Å². The van der Waals surface area contributed by atoms with Gasteiger partial charge in [0.2, 0.25) is 0 Å². The molecule has 0 aromatic heterocycles. The van der Waals surface area contributed by atoms with Crippen LogP contribution in [0.5, 0.6) is 0 Å². The molecule has 3 heteroatoms. The van der Waals surface area contributed by atoms with Gasteiger partial charge in [-0.25, -0.2) is 4.39 Å². The van der Waals surface area contributed by atoms with E-state index in [1.807, 2.05) is 18.2 Å². The van der Waals surface area contributed by atoms with E-state index in [1.54, 1.807) is 25.4 Å². The molecule has 2 rings (SSSR count). The van der Waals surface area contributed by atoms with Crippen LogP contribution in [0.2, 0.25) is 0 Å². The van der Waals surface area contributed by atoms with Gasteiger partial charge in [-0.1, -0.05) is 43.3 Å². The van der Waals surface area contributed by atoms with Crippen molar-refractivity contribution in [1.29, 1.82) is 0 Å². The van der Waals surface area contributed by atoms with E-state index < -0.39 is 0 Å². The average molecular weight is 268 g/mol. The molecular weight excluding hydrogens is 251 g/mol. The predicted molar refractivity (Wildman–Crippen MR) is 82.1 cm³/mol. The molecule has 102 valence electrons. The summed E-state index contributed by atoms with van der Waals surface area (Å²) in [5, 5.41) is 7.89. The lowest BCUT2D eigenvalue weighted by Crippen LogP contribution is -1.87. The Morgan fingerprint density at radius 2 is 1.55 bits per heavy atom. The first-order valence-electron chi connectivity index (χ1n) is 6.60. The van der Waals surface area contributed by atoms with Gasteiger partial charge in [-0.15, -0.1) is 0 Å². The first-order chi connectivity index (χ1) is 9.69. The van der Waals surface area contributed by atoms with Gasteiger partial charge < -0.3 is 0 Å². The average Bonchev–Trinajstić information content (AvgIpc) is 2.48. The molecular formula is C17H17FN2. The van der Waals surface area contributed by atoms with E-state index in [2.05, 4.69) is 29.3 Å². The number of benzene rings is 2. The Labute approximate surface area is 118 Å². The van der Waals surface area contributed by atoms with Gasteiger partial charge >= 0.3 is 0 Å². The Kier molecular flexibility index (Phi) is 4.77. The fourth-order valence-corrected chi connectivity index (χ4v) is 1.73. The Hall–Kier alpha value is -2.29. The summed E-state index contributed by atoms with van der Waals surface area (Å²) in [7, 11) is 0. The molecule has 0 heterocycles. The monoisotopic (exact) mass is 268 g/mol. The van der Waals surface area contributed by atoms with Crippen molar-refractivity contribution in [2.45, 2.75) is 20.3 Å². The Bertz CT molecular complexity index is 628. The summed E-state index contributed by atoms with van der Waals surface area (Å²) in [6, 6.07) is 13.1. The van der Waals surface area contributed by atoms with Crippen LogP contribution in [-0.4, -0.2) is 12.4 Å². The molecule has 0 amide bonds. The zero-order chi connectivity index (χ0) is 14.4. The van der Waals surface area contributed by atoms with Gasteiger partial charge in [0.15, 0.2) is 0 Å². The molecule has 0 fully saturated rings. The third-order valence-corrected chi connectivity index (χ3v) is 3.06. The molecule has 0 atom stereocenters. The maximum absolute atomic E-state index is 13.3. The van der Waals surface area contributed by atoms with Gasteiger partial charge in [-0.05, 0) is 41.7 Å². The fourth-order valence-electron chi connectivity index (χ4n) is 1.73. The second-order valence-corrected chi connectivity index (χ2v) is 4.59. The van der Waals surface area contributed by atoms with Crippen molar-refractivity contribution < 1.29 is 4.39 Å². The second kappa shape index (κ2) is 6.75. The summed E-state index contributed by atoms with van der Waals surface area (Å²) in [4.78, 5) is 0. The van der Waals surface area contributed by atoms with Crippen LogP contribution in [0.15, 0.2) is 52.7 Å². The van der Waals surface area contributed by atoms with Crippen molar-refractivity contribution in [3.05, 3.63) is 70.5 Å². The van der Waals surface area contributed by atoms with Gasteiger partial charge in [0, 0.05) is 0 Å². The molecule has 2 aromatic rings. The third kappa shape index (κ3) is 3.85. The summed E-state index contributed by atoms with van der Waals surface area (Å²) < 4.78 is 13.3. The van der Waals surface area contributed by atoms with Crippen LogP contribution in [0.4, 0.5) is 4.39 Å². The quantitative estimate of drug-likeness (QED) is 0.588. The molecule has 0 aliphatic carbocycles. The molecule has 2 nitrogen and oxygen atoms in total. The number of hydrogen-bond acceptors (Lipinski definition) is 2. The topological polar surface area (TPSA) is 24.7 Å². The number of rotatable bonds is 4. The van der Waals surface area contributed by atoms with Crippen LogP contribution in [0, 0.1) is 12.7 Å². The zero-order valence-corrected chi connectivity index (χ0v) is 11.7. The van der Waals surface area contributed by atoms with Crippen LogP contribution < -0.4 is 0 Å². The molecule has 0 saturated heterocycles. The van der Waals surface area contributed by atoms with Crippen molar-refractivity contribution in [3.63, 3.8) is 0 Å². The lowest BCUT2D eigenvalue weighted by Gasteiger charge is -1.96. The number of hydrogen-bond donors (Lipinski definition) is 0. The van der Waals surface area contributed by atoms with E-state index in [4.69, 9.17) is 0 Å². The molecule has 0 radical (unpaired) electrons. The number of nitrogens with zero attached hydrogens (tertiary/aromatic N) is 2. The molecule has 20 heavy (non-hydrogen) atoms.